The van der Waals surface area contributed by atoms with Gasteiger partial charge >= 0.3 is 0 Å². The maximum atomic E-state index is 5.91. The Hall–Kier alpha value is -2.08. The highest BCUT2D eigenvalue weighted by molar-refractivity contribution is 8.00. The summed E-state index contributed by atoms with van der Waals surface area (Å²) in [5, 5.41) is 16.0. The summed E-state index contributed by atoms with van der Waals surface area (Å²) in [6.07, 6.45) is 0. The van der Waals surface area contributed by atoms with Gasteiger partial charge in [0.1, 0.15) is 0 Å². The van der Waals surface area contributed by atoms with E-state index in [1.807, 2.05) is 24.3 Å². The number of hydrogen-bond donors (Lipinski definition) is 1. The van der Waals surface area contributed by atoms with Crippen molar-refractivity contribution in [1.82, 2.24) is 10.2 Å². The quantitative estimate of drug-likeness (QED) is 0.390. The van der Waals surface area contributed by atoms with Gasteiger partial charge in [0.2, 0.25) is 5.13 Å². The summed E-state index contributed by atoms with van der Waals surface area (Å²) < 4.78 is 0.969. The molecule has 0 spiro atoms. The Morgan fingerprint density at radius 3 is 2.62 bits per heavy atom. The lowest BCUT2D eigenvalue weighted by molar-refractivity contribution is 0.995. The molecule has 0 aliphatic rings. The van der Waals surface area contributed by atoms with Crippen LogP contribution in [-0.4, -0.2) is 10.2 Å². The molecule has 0 atom stereocenters. The number of halogens is 1. The van der Waals surface area contributed by atoms with Crippen LogP contribution in [0.4, 0.5) is 5.13 Å². The van der Waals surface area contributed by atoms with Gasteiger partial charge in [-0.05, 0) is 34.0 Å². The number of thioether (sulfide) groups is 1. The molecule has 0 bridgehead atoms. The van der Waals surface area contributed by atoms with Crippen molar-refractivity contribution in [2.45, 2.75) is 16.6 Å². The van der Waals surface area contributed by atoms with Crippen molar-refractivity contribution >= 4 is 50.6 Å². The van der Waals surface area contributed by atoms with E-state index < -0.39 is 0 Å². The fourth-order valence-electron chi connectivity index (χ4n) is 2.68. The molecule has 0 saturated heterocycles. The van der Waals surface area contributed by atoms with E-state index in [0.717, 1.165) is 25.8 Å². The van der Waals surface area contributed by atoms with Gasteiger partial charge in [-0.3, -0.25) is 0 Å². The minimum Gasteiger partial charge on any atom is -0.356 e. The summed E-state index contributed by atoms with van der Waals surface area (Å²) in [6.45, 7) is 0.708. The van der Waals surface area contributed by atoms with E-state index in [0.29, 0.717) is 6.54 Å². The third-order valence-corrected chi connectivity index (χ3v) is 6.31. The molecule has 3 aromatic carbocycles. The Morgan fingerprint density at radius 1 is 0.923 bits per heavy atom. The van der Waals surface area contributed by atoms with Gasteiger partial charge in [-0.2, -0.15) is 0 Å². The number of nitrogens with one attached hydrogen (secondary N) is 1. The number of fused-ring (bicyclic) bond motifs is 1. The summed E-state index contributed by atoms with van der Waals surface area (Å²) in [4.78, 5) is 0. The number of anilines is 1. The molecule has 0 saturated carbocycles. The molecule has 0 unspecified atom stereocenters. The second-order valence-corrected chi connectivity index (χ2v) is 8.42. The van der Waals surface area contributed by atoms with Crippen LogP contribution in [-0.2, 0) is 12.3 Å². The smallest absolute Gasteiger partial charge is 0.206 e. The molecule has 6 heteroatoms. The van der Waals surface area contributed by atoms with Crippen LogP contribution >= 0.6 is 34.7 Å². The predicted molar refractivity (Wildman–Crippen MR) is 112 cm³/mol. The van der Waals surface area contributed by atoms with Crippen LogP contribution in [0, 0.1) is 0 Å². The van der Waals surface area contributed by atoms with Gasteiger partial charge in [0.25, 0.3) is 0 Å². The molecule has 4 rings (SSSR count). The van der Waals surface area contributed by atoms with Gasteiger partial charge in [-0.25, -0.2) is 0 Å². The lowest BCUT2D eigenvalue weighted by Gasteiger charge is -2.04. The first-order valence-electron chi connectivity index (χ1n) is 8.19. The van der Waals surface area contributed by atoms with Gasteiger partial charge < -0.3 is 5.32 Å². The zero-order valence-corrected chi connectivity index (χ0v) is 16.2. The lowest BCUT2D eigenvalue weighted by atomic mass is 10.1. The molecule has 26 heavy (non-hydrogen) atoms. The number of benzene rings is 3. The van der Waals surface area contributed by atoms with Gasteiger partial charge in [-0.1, -0.05) is 89.3 Å². The molecule has 0 aliphatic carbocycles. The molecule has 0 radical (unpaired) electrons. The number of rotatable bonds is 6. The molecule has 1 N–H and O–H groups in total. The molecule has 0 aliphatic heterocycles. The lowest BCUT2D eigenvalue weighted by Crippen LogP contribution is -1.98. The van der Waals surface area contributed by atoms with Crippen molar-refractivity contribution in [2.24, 2.45) is 0 Å². The highest BCUT2D eigenvalue weighted by Crippen LogP contribution is 2.30. The Balaban J connectivity index is 1.38. The van der Waals surface area contributed by atoms with Gasteiger partial charge in [0.05, 0.1) is 0 Å². The zero-order valence-electron chi connectivity index (χ0n) is 13.9. The maximum Gasteiger partial charge on any atom is 0.206 e. The first kappa shape index (κ1) is 17.3. The minimum atomic E-state index is 0.708. The monoisotopic (exact) mass is 397 g/mol. The molecule has 1 heterocycles. The SMILES string of the molecule is Clc1ccc(CNc2nnc(SCc3cccc4ccccc34)s2)cc1. The maximum absolute atomic E-state index is 5.91. The number of aromatic nitrogens is 2. The van der Waals surface area contributed by atoms with Crippen molar-refractivity contribution in [3.63, 3.8) is 0 Å². The Labute approximate surface area is 165 Å². The molecular weight excluding hydrogens is 382 g/mol. The van der Waals surface area contributed by atoms with Gasteiger partial charge in [-0.15, -0.1) is 10.2 Å². The molecule has 1 aromatic heterocycles. The average molecular weight is 398 g/mol. The summed E-state index contributed by atoms with van der Waals surface area (Å²) in [5.74, 6) is 0.882. The second-order valence-electron chi connectivity index (χ2n) is 5.78. The first-order chi connectivity index (χ1) is 12.8. The van der Waals surface area contributed by atoms with Gasteiger partial charge in [0.15, 0.2) is 4.34 Å². The van der Waals surface area contributed by atoms with Crippen molar-refractivity contribution in [1.29, 1.82) is 0 Å². The Kier molecular flexibility index (Phi) is 5.39. The van der Waals surface area contributed by atoms with Crippen LogP contribution in [0.3, 0.4) is 0 Å². The van der Waals surface area contributed by atoms with E-state index in [1.165, 1.54) is 16.3 Å². The van der Waals surface area contributed by atoms with Crippen LogP contribution < -0.4 is 5.32 Å². The third-order valence-electron chi connectivity index (χ3n) is 3.99. The van der Waals surface area contributed by atoms with Crippen LogP contribution in [0.15, 0.2) is 71.1 Å². The second kappa shape index (κ2) is 8.08. The van der Waals surface area contributed by atoms with E-state index in [1.54, 1.807) is 23.1 Å². The molecular formula is C20H16ClN3S2. The van der Waals surface area contributed by atoms with E-state index in [4.69, 9.17) is 11.6 Å². The van der Waals surface area contributed by atoms with E-state index >= 15 is 0 Å². The standard InChI is InChI=1S/C20H16ClN3S2/c21-17-10-8-14(9-11-17)12-22-19-23-24-20(26-19)25-13-16-6-3-5-15-4-1-2-7-18(15)16/h1-11H,12-13H2,(H,22,23). The summed E-state index contributed by atoms with van der Waals surface area (Å²) in [5.41, 5.74) is 2.48. The van der Waals surface area contributed by atoms with E-state index in [9.17, 15) is 0 Å². The van der Waals surface area contributed by atoms with Crippen LogP contribution in [0.2, 0.25) is 5.02 Å². The van der Waals surface area contributed by atoms with E-state index in [2.05, 4.69) is 58.0 Å². The summed E-state index contributed by atoms with van der Waals surface area (Å²) in [7, 11) is 0. The van der Waals surface area contributed by atoms with Crippen molar-refractivity contribution in [3.05, 3.63) is 82.9 Å². The average Bonchev–Trinajstić information content (AvgIpc) is 3.14. The van der Waals surface area contributed by atoms with Crippen molar-refractivity contribution in [2.75, 3.05) is 5.32 Å². The third kappa shape index (κ3) is 4.18. The summed E-state index contributed by atoms with van der Waals surface area (Å²) >= 11 is 9.21. The molecule has 4 aromatic rings. The molecule has 3 nitrogen and oxygen atoms in total. The minimum absolute atomic E-state index is 0.708. The van der Waals surface area contributed by atoms with Crippen molar-refractivity contribution in [3.8, 4) is 0 Å². The topological polar surface area (TPSA) is 37.8 Å². The zero-order chi connectivity index (χ0) is 17.8. The van der Waals surface area contributed by atoms with Crippen LogP contribution in [0.1, 0.15) is 11.1 Å². The van der Waals surface area contributed by atoms with Crippen LogP contribution in [0.5, 0.6) is 0 Å². The fourth-order valence-corrected chi connectivity index (χ4v) is 4.55. The predicted octanol–water partition coefficient (Wildman–Crippen LogP) is 6.25. The highest BCUT2D eigenvalue weighted by Gasteiger charge is 2.07. The Morgan fingerprint density at radius 2 is 1.73 bits per heavy atom. The molecule has 0 amide bonds. The number of nitrogens with zero attached hydrogens (tertiary/aromatic N) is 2. The molecule has 130 valence electrons. The normalized spacial score (nSPS) is 11.0. The van der Waals surface area contributed by atoms with Crippen molar-refractivity contribution < 1.29 is 0 Å². The Bertz CT molecular complexity index is 1010. The van der Waals surface area contributed by atoms with Crippen LogP contribution in [0.25, 0.3) is 10.8 Å². The fraction of sp³-hybridized carbons (Fsp3) is 0.100. The largest absolute Gasteiger partial charge is 0.356 e. The van der Waals surface area contributed by atoms with E-state index in [-0.39, 0.29) is 0 Å². The number of hydrogen-bond acceptors (Lipinski definition) is 5. The highest BCUT2D eigenvalue weighted by atomic mass is 35.5. The summed E-state index contributed by atoms with van der Waals surface area (Å²) in [6, 6.07) is 22.7. The van der Waals surface area contributed by atoms with Gasteiger partial charge in [0, 0.05) is 17.3 Å². The molecule has 0 fully saturated rings. The first-order valence-corrected chi connectivity index (χ1v) is 10.4.